The molecule has 5 nitrogen and oxygen atoms in total. The molecule has 0 spiro atoms. The molecule has 1 saturated carbocycles. The number of aromatic nitrogens is 2. The number of aromatic amines is 1. The van der Waals surface area contributed by atoms with Gasteiger partial charge in [0.1, 0.15) is 17.4 Å². The van der Waals surface area contributed by atoms with E-state index in [-0.39, 0.29) is 0 Å². The third-order valence-corrected chi connectivity index (χ3v) is 5.04. The number of fused-ring (bicyclic) bond motifs is 1. The van der Waals surface area contributed by atoms with Gasteiger partial charge in [-0.3, -0.25) is 0 Å². The van der Waals surface area contributed by atoms with Gasteiger partial charge in [0.05, 0.1) is 5.56 Å². The third kappa shape index (κ3) is 2.66. The molecule has 1 fully saturated rings. The molecule has 0 saturated heterocycles. The molecular weight excluding hydrogens is 314 g/mol. The van der Waals surface area contributed by atoms with Gasteiger partial charge in [-0.15, -0.1) is 0 Å². The molecule has 0 radical (unpaired) electrons. The molecule has 0 atom stereocenters. The van der Waals surface area contributed by atoms with Crippen molar-refractivity contribution >= 4 is 17.0 Å². The molecule has 2 N–H and O–H groups in total. The Kier molecular flexibility index (Phi) is 3.73. The highest BCUT2D eigenvalue weighted by Crippen LogP contribution is 2.38. The van der Waals surface area contributed by atoms with E-state index in [1.807, 2.05) is 30.5 Å². The first-order chi connectivity index (χ1) is 12.2. The Hall–Kier alpha value is -3.13. The maximum Gasteiger partial charge on any atom is 0.335 e. The van der Waals surface area contributed by atoms with Gasteiger partial charge in [-0.2, -0.15) is 5.26 Å². The van der Waals surface area contributed by atoms with E-state index in [2.05, 4.69) is 9.97 Å². The second-order valence-electron chi connectivity index (χ2n) is 6.50. The van der Waals surface area contributed by atoms with Crippen LogP contribution in [0.1, 0.15) is 53.2 Å². The van der Waals surface area contributed by atoms with E-state index in [1.165, 1.54) is 0 Å². The first-order valence-electron chi connectivity index (χ1n) is 8.43. The van der Waals surface area contributed by atoms with Crippen molar-refractivity contribution in [1.82, 2.24) is 9.97 Å². The summed E-state index contributed by atoms with van der Waals surface area (Å²) in [4.78, 5) is 19.0. The summed E-state index contributed by atoms with van der Waals surface area (Å²) in [7, 11) is 0. The summed E-state index contributed by atoms with van der Waals surface area (Å²) < 4.78 is 0. The number of nitrogens with one attached hydrogen (secondary N) is 1. The van der Waals surface area contributed by atoms with E-state index in [4.69, 9.17) is 5.26 Å². The summed E-state index contributed by atoms with van der Waals surface area (Å²) >= 11 is 0. The number of hydrogen-bond acceptors (Lipinski definition) is 3. The Morgan fingerprint density at radius 1 is 1.24 bits per heavy atom. The van der Waals surface area contributed by atoms with Crippen LogP contribution in [0.25, 0.3) is 22.2 Å². The summed E-state index contributed by atoms with van der Waals surface area (Å²) in [6.07, 6.45) is 6.27. The SMILES string of the molecule is N#Cc1ccc2c(-c3ccc(C(=O)O)c(C4CCCC4)c3)c[nH]c2n1. The highest BCUT2D eigenvalue weighted by atomic mass is 16.4. The lowest BCUT2D eigenvalue weighted by Gasteiger charge is -2.14. The predicted octanol–water partition coefficient (Wildman–Crippen LogP) is 4.46. The molecule has 4 rings (SSSR count). The zero-order valence-electron chi connectivity index (χ0n) is 13.6. The largest absolute Gasteiger partial charge is 0.478 e. The molecule has 2 heterocycles. The summed E-state index contributed by atoms with van der Waals surface area (Å²) in [6.45, 7) is 0. The zero-order chi connectivity index (χ0) is 17.4. The normalized spacial score (nSPS) is 14.7. The first-order valence-corrected chi connectivity index (χ1v) is 8.43. The van der Waals surface area contributed by atoms with Crippen molar-refractivity contribution in [2.24, 2.45) is 0 Å². The number of rotatable bonds is 3. The van der Waals surface area contributed by atoms with Crippen molar-refractivity contribution in [1.29, 1.82) is 5.26 Å². The number of carbonyl (C=O) groups is 1. The second kappa shape index (κ2) is 6.06. The molecule has 0 bridgehead atoms. The fraction of sp³-hybridized carbons (Fsp3) is 0.250. The minimum Gasteiger partial charge on any atom is -0.478 e. The van der Waals surface area contributed by atoms with Crippen molar-refractivity contribution in [3.63, 3.8) is 0 Å². The van der Waals surface area contributed by atoms with Crippen molar-refractivity contribution in [3.8, 4) is 17.2 Å². The Morgan fingerprint density at radius 2 is 2.04 bits per heavy atom. The number of nitrogens with zero attached hydrogens (tertiary/aromatic N) is 2. The van der Waals surface area contributed by atoms with E-state index in [0.717, 1.165) is 47.8 Å². The minimum atomic E-state index is -0.868. The van der Waals surface area contributed by atoms with E-state index >= 15 is 0 Å². The number of aromatic carboxylic acids is 1. The number of pyridine rings is 1. The molecule has 3 aromatic rings. The molecule has 0 aliphatic heterocycles. The van der Waals surface area contributed by atoms with Gasteiger partial charge < -0.3 is 10.1 Å². The summed E-state index contributed by atoms with van der Waals surface area (Å²) in [5.74, 6) is -0.549. The van der Waals surface area contributed by atoms with Gasteiger partial charge >= 0.3 is 5.97 Å². The fourth-order valence-electron chi connectivity index (χ4n) is 3.81. The Balaban J connectivity index is 1.84. The van der Waals surface area contributed by atoms with Crippen LogP contribution in [-0.4, -0.2) is 21.0 Å². The number of H-pyrrole nitrogens is 1. The lowest BCUT2D eigenvalue weighted by molar-refractivity contribution is 0.0695. The zero-order valence-corrected chi connectivity index (χ0v) is 13.6. The molecule has 25 heavy (non-hydrogen) atoms. The highest BCUT2D eigenvalue weighted by molar-refractivity contribution is 5.96. The third-order valence-electron chi connectivity index (χ3n) is 5.04. The van der Waals surface area contributed by atoms with Crippen LogP contribution in [-0.2, 0) is 0 Å². The van der Waals surface area contributed by atoms with Crippen LogP contribution >= 0.6 is 0 Å². The van der Waals surface area contributed by atoms with E-state index in [0.29, 0.717) is 22.8 Å². The number of carboxylic acid groups (broad SMARTS) is 1. The van der Waals surface area contributed by atoms with Gasteiger partial charge in [-0.05, 0) is 54.2 Å². The molecule has 2 aromatic heterocycles. The maximum absolute atomic E-state index is 11.6. The van der Waals surface area contributed by atoms with Crippen LogP contribution in [0.15, 0.2) is 36.5 Å². The van der Waals surface area contributed by atoms with Crippen LogP contribution in [0, 0.1) is 11.3 Å². The van der Waals surface area contributed by atoms with E-state index < -0.39 is 5.97 Å². The molecule has 1 aliphatic carbocycles. The number of nitriles is 1. The molecular formula is C20H17N3O2. The monoisotopic (exact) mass is 331 g/mol. The molecule has 0 amide bonds. The lowest BCUT2D eigenvalue weighted by atomic mass is 9.89. The fourth-order valence-corrected chi connectivity index (χ4v) is 3.81. The predicted molar refractivity (Wildman–Crippen MR) is 94.4 cm³/mol. The molecule has 1 aliphatic rings. The summed E-state index contributed by atoms with van der Waals surface area (Å²) in [5, 5.41) is 19.4. The van der Waals surface area contributed by atoms with Crippen LogP contribution in [0.3, 0.4) is 0 Å². The van der Waals surface area contributed by atoms with Crippen molar-refractivity contribution < 1.29 is 9.90 Å². The topological polar surface area (TPSA) is 89.8 Å². The summed E-state index contributed by atoms with van der Waals surface area (Å²) in [5.41, 5.74) is 4.32. The van der Waals surface area contributed by atoms with Crippen molar-refractivity contribution in [3.05, 3.63) is 53.3 Å². The quantitative estimate of drug-likeness (QED) is 0.741. The highest BCUT2D eigenvalue weighted by Gasteiger charge is 2.23. The molecule has 124 valence electrons. The smallest absolute Gasteiger partial charge is 0.335 e. The minimum absolute atomic E-state index is 0.319. The van der Waals surface area contributed by atoms with Gasteiger partial charge in [-0.1, -0.05) is 18.9 Å². The summed E-state index contributed by atoms with van der Waals surface area (Å²) in [6, 6.07) is 11.2. The molecule has 1 aromatic carbocycles. The lowest BCUT2D eigenvalue weighted by Crippen LogP contribution is -2.05. The number of carboxylic acids is 1. The number of benzene rings is 1. The van der Waals surface area contributed by atoms with Gasteiger partial charge in [0.25, 0.3) is 0 Å². The van der Waals surface area contributed by atoms with E-state index in [9.17, 15) is 9.90 Å². The van der Waals surface area contributed by atoms with Crippen LogP contribution in [0.4, 0.5) is 0 Å². The molecule has 0 unspecified atom stereocenters. The average Bonchev–Trinajstić information content (AvgIpc) is 3.30. The van der Waals surface area contributed by atoms with Crippen molar-refractivity contribution in [2.45, 2.75) is 31.6 Å². The van der Waals surface area contributed by atoms with Crippen molar-refractivity contribution in [2.75, 3.05) is 0 Å². The molecule has 5 heteroatoms. The van der Waals surface area contributed by atoms with E-state index in [1.54, 1.807) is 12.1 Å². The van der Waals surface area contributed by atoms with Gasteiger partial charge in [0.15, 0.2) is 0 Å². The van der Waals surface area contributed by atoms with Gasteiger partial charge in [-0.25, -0.2) is 9.78 Å². The van der Waals surface area contributed by atoms with Crippen LogP contribution in [0.2, 0.25) is 0 Å². The van der Waals surface area contributed by atoms with Crippen LogP contribution < -0.4 is 0 Å². The maximum atomic E-state index is 11.6. The van der Waals surface area contributed by atoms with Crippen LogP contribution in [0.5, 0.6) is 0 Å². The first kappa shape index (κ1) is 15.4. The second-order valence-corrected chi connectivity index (χ2v) is 6.50. The average molecular weight is 331 g/mol. The number of hydrogen-bond donors (Lipinski definition) is 2. The standard InChI is InChI=1S/C20H17N3O2/c21-10-14-6-8-15-18(11-22-19(15)23-14)13-5-7-16(20(24)25)17(9-13)12-3-1-2-4-12/h5-9,11-12H,1-4H2,(H,22,23)(H,24,25). The Morgan fingerprint density at radius 3 is 2.76 bits per heavy atom. The Bertz CT molecular complexity index is 1010. The van der Waals surface area contributed by atoms with Gasteiger partial charge in [0.2, 0.25) is 0 Å². The Labute approximate surface area is 144 Å². The van der Waals surface area contributed by atoms with Gasteiger partial charge in [0, 0.05) is 17.1 Å².